The van der Waals surface area contributed by atoms with Crippen LogP contribution in [0.3, 0.4) is 0 Å². The number of ether oxygens (including phenoxy) is 3. The Morgan fingerprint density at radius 3 is 2.77 bits per heavy atom. The normalized spacial score (nSPS) is 12.4. The summed E-state index contributed by atoms with van der Waals surface area (Å²) >= 11 is 1.47. The van der Waals surface area contributed by atoms with Crippen LogP contribution in [-0.4, -0.2) is 34.6 Å². The number of hydrogen-bond donors (Lipinski definition) is 1. The van der Waals surface area contributed by atoms with Crippen molar-refractivity contribution in [3.8, 4) is 22.4 Å². The molecule has 2 aromatic heterocycles. The molecule has 4 aromatic rings. The van der Waals surface area contributed by atoms with Crippen LogP contribution < -0.4 is 19.5 Å². The number of carbonyl (C=O) groups excluding carboxylic acids is 1. The van der Waals surface area contributed by atoms with Gasteiger partial charge in [-0.2, -0.15) is 9.78 Å². The predicted octanol–water partition coefficient (Wildman–Crippen LogP) is 4.02. The molecule has 158 valence electrons. The zero-order chi connectivity index (χ0) is 21.5. The third-order valence-electron chi connectivity index (χ3n) is 4.98. The summed E-state index contributed by atoms with van der Waals surface area (Å²) in [6.45, 7) is 4.06. The van der Waals surface area contributed by atoms with Crippen LogP contribution in [0, 0.1) is 13.8 Å². The van der Waals surface area contributed by atoms with Gasteiger partial charge in [-0.1, -0.05) is 23.5 Å². The topological polar surface area (TPSA) is 87.5 Å². The van der Waals surface area contributed by atoms with E-state index in [1.54, 1.807) is 11.8 Å². The highest BCUT2D eigenvalue weighted by atomic mass is 32.1. The minimum absolute atomic E-state index is 0.132. The van der Waals surface area contributed by atoms with Crippen LogP contribution in [0.15, 0.2) is 36.4 Å². The number of benzene rings is 2. The van der Waals surface area contributed by atoms with Gasteiger partial charge in [-0.3, -0.25) is 4.79 Å². The van der Waals surface area contributed by atoms with Crippen molar-refractivity contribution in [3.63, 3.8) is 0 Å². The molecule has 0 saturated heterocycles. The maximum absolute atomic E-state index is 12.7. The van der Waals surface area contributed by atoms with Crippen molar-refractivity contribution in [2.75, 3.05) is 19.2 Å². The van der Waals surface area contributed by atoms with Gasteiger partial charge in [0.25, 0.3) is 0 Å². The zero-order valence-electron chi connectivity index (χ0n) is 17.3. The minimum Gasteiger partial charge on any atom is -0.496 e. The van der Waals surface area contributed by atoms with Crippen molar-refractivity contribution in [2.24, 2.45) is 0 Å². The Bertz CT molecular complexity index is 1270. The van der Waals surface area contributed by atoms with E-state index in [1.165, 1.54) is 11.3 Å². The summed E-state index contributed by atoms with van der Waals surface area (Å²) in [5.74, 6) is 2.64. The average Bonchev–Trinajstić information content (AvgIpc) is 3.43. The molecule has 0 bridgehead atoms. The molecule has 9 heteroatoms. The Balaban J connectivity index is 1.40. The SMILES string of the molecule is COc1ccc(CC(=O)Nc2cc(C)nn2-c2nc3cc4c(cc3s2)OCO4)cc1C. The molecule has 1 aliphatic heterocycles. The van der Waals surface area contributed by atoms with Crippen molar-refractivity contribution in [1.82, 2.24) is 14.8 Å². The number of anilines is 1. The lowest BCUT2D eigenvalue weighted by atomic mass is 10.1. The van der Waals surface area contributed by atoms with Crippen LogP contribution in [-0.2, 0) is 11.2 Å². The molecular formula is C22H20N4O4S. The van der Waals surface area contributed by atoms with E-state index in [0.29, 0.717) is 22.4 Å². The lowest BCUT2D eigenvalue weighted by Gasteiger charge is -2.09. The molecule has 1 amide bonds. The summed E-state index contributed by atoms with van der Waals surface area (Å²) < 4.78 is 18.8. The number of aromatic nitrogens is 3. The number of carbonyl (C=O) groups is 1. The first-order valence-electron chi connectivity index (χ1n) is 9.71. The standard InChI is InChI=1S/C22H20N4O4S/c1-12-6-14(4-5-16(12)28-3)8-21(27)24-20-7-13(2)25-26(20)22-23-15-9-17-18(30-11-29-17)10-19(15)31-22/h4-7,9-10H,8,11H2,1-3H3,(H,24,27). The fourth-order valence-corrected chi connectivity index (χ4v) is 4.50. The lowest BCUT2D eigenvalue weighted by Crippen LogP contribution is -2.17. The van der Waals surface area contributed by atoms with Crippen molar-refractivity contribution < 1.29 is 19.0 Å². The van der Waals surface area contributed by atoms with Crippen molar-refractivity contribution in [3.05, 3.63) is 53.2 Å². The van der Waals surface area contributed by atoms with Crippen LogP contribution in [0.1, 0.15) is 16.8 Å². The third kappa shape index (κ3) is 3.68. The number of nitrogens with zero attached hydrogens (tertiary/aromatic N) is 3. The molecule has 0 fully saturated rings. The van der Waals surface area contributed by atoms with Gasteiger partial charge in [0.15, 0.2) is 11.5 Å². The molecule has 0 saturated carbocycles. The second kappa shape index (κ2) is 7.59. The van der Waals surface area contributed by atoms with E-state index >= 15 is 0 Å². The molecular weight excluding hydrogens is 416 g/mol. The maximum atomic E-state index is 12.7. The number of methoxy groups -OCH3 is 1. The molecule has 0 spiro atoms. The number of hydrogen-bond acceptors (Lipinski definition) is 7. The average molecular weight is 436 g/mol. The second-order valence-electron chi connectivity index (χ2n) is 7.28. The largest absolute Gasteiger partial charge is 0.496 e. The molecule has 0 atom stereocenters. The van der Waals surface area contributed by atoms with Crippen molar-refractivity contribution in [1.29, 1.82) is 0 Å². The number of fused-ring (bicyclic) bond motifs is 2. The molecule has 8 nitrogen and oxygen atoms in total. The van der Waals surface area contributed by atoms with E-state index in [-0.39, 0.29) is 19.1 Å². The van der Waals surface area contributed by atoms with Crippen LogP contribution in [0.25, 0.3) is 15.3 Å². The Morgan fingerprint density at radius 1 is 1.19 bits per heavy atom. The van der Waals surface area contributed by atoms with Crippen molar-refractivity contribution in [2.45, 2.75) is 20.3 Å². The Labute approximate surface area is 182 Å². The molecule has 1 aliphatic rings. The highest BCUT2D eigenvalue weighted by molar-refractivity contribution is 7.20. The molecule has 31 heavy (non-hydrogen) atoms. The third-order valence-corrected chi connectivity index (χ3v) is 5.97. The first kappa shape index (κ1) is 19.4. The van der Waals surface area contributed by atoms with Crippen molar-refractivity contribution >= 4 is 33.3 Å². The van der Waals surface area contributed by atoms with Gasteiger partial charge in [-0.15, -0.1) is 0 Å². The van der Waals surface area contributed by atoms with Gasteiger partial charge in [-0.05, 0) is 31.0 Å². The van der Waals surface area contributed by atoms with E-state index < -0.39 is 0 Å². The number of aryl methyl sites for hydroxylation is 2. The summed E-state index contributed by atoms with van der Waals surface area (Å²) in [7, 11) is 1.63. The van der Waals surface area contributed by atoms with Gasteiger partial charge in [0.2, 0.25) is 17.8 Å². The van der Waals surface area contributed by atoms with Gasteiger partial charge in [0.1, 0.15) is 11.6 Å². The van der Waals surface area contributed by atoms with Crippen LogP contribution in [0.5, 0.6) is 17.2 Å². The van der Waals surface area contributed by atoms with Gasteiger partial charge in [-0.25, -0.2) is 4.98 Å². The maximum Gasteiger partial charge on any atom is 0.231 e. The Morgan fingerprint density at radius 2 is 2.00 bits per heavy atom. The van der Waals surface area contributed by atoms with Gasteiger partial charge in [0, 0.05) is 18.2 Å². The van der Waals surface area contributed by atoms with Crippen LogP contribution >= 0.6 is 11.3 Å². The zero-order valence-corrected chi connectivity index (χ0v) is 18.1. The molecule has 0 aliphatic carbocycles. The smallest absolute Gasteiger partial charge is 0.231 e. The molecule has 2 aromatic carbocycles. The van der Waals surface area contributed by atoms with E-state index in [0.717, 1.165) is 32.8 Å². The van der Waals surface area contributed by atoms with E-state index in [2.05, 4.69) is 15.4 Å². The monoisotopic (exact) mass is 436 g/mol. The van der Waals surface area contributed by atoms with Crippen LogP contribution in [0.2, 0.25) is 0 Å². The minimum atomic E-state index is -0.132. The fraction of sp³-hybridized carbons (Fsp3) is 0.227. The Hall–Kier alpha value is -3.59. The van der Waals surface area contributed by atoms with E-state index in [4.69, 9.17) is 14.2 Å². The highest BCUT2D eigenvalue weighted by Crippen LogP contribution is 2.39. The number of rotatable bonds is 5. The van der Waals surface area contributed by atoms with Crippen LogP contribution in [0.4, 0.5) is 5.82 Å². The number of amides is 1. The second-order valence-corrected chi connectivity index (χ2v) is 8.29. The molecule has 5 rings (SSSR count). The molecule has 0 unspecified atom stereocenters. The quantitative estimate of drug-likeness (QED) is 0.509. The summed E-state index contributed by atoms with van der Waals surface area (Å²) in [4.78, 5) is 17.4. The first-order chi connectivity index (χ1) is 15.0. The summed E-state index contributed by atoms with van der Waals surface area (Å²) in [5.41, 5.74) is 3.48. The van der Waals surface area contributed by atoms with Gasteiger partial charge in [0.05, 0.1) is 29.4 Å². The number of nitrogens with one attached hydrogen (secondary N) is 1. The predicted molar refractivity (Wildman–Crippen MR) is 118 cm³/mol. The first-order valence-corrected chi connectivity index (χ1v) is 10.5. The van der Waals surface area contributed by atoms with E-state index in [1.807, 2.05) is 50.2 Å². The Kier molecular flexibility index (Phi) is 4.74. The van der Waals surface area contributed by atoms with E-state index in [9.17, 15) is 4.79 Å². The van der Waals surface area contributed by atoms with Gasteiger partial charge < -0.3 is 19.5 Å². The molecule has 1 N–H and O–H groups in total. The number of thiazole rings is 1. The molecule has 0 radical (unpaired) electrons. The van der Waals surface area contributed by atoms with Gasteiger partial charge >= 0.3 is 0 Å². The lowest BCUT2D eigenvalue weighted by molar-refractivity contribution is -0.115. The highest BCUT2D eigenvalue weighted by Gasteiger charge is 2.19. The summed E-state index contributed by atoms with van der Waals surface area (Å²) in [5, 5.41) is 8.14. The fourth-order valence-electron chi connectivity index (χ4n) is 3.55. The summed E-state index contributed by atoms with van der Waals surface area (Å²) in [6.07, 6.45) is 0.246. The summed E-state index contributed by atoms with van der Waals surface area (Å²) in [6, 6.07) is 11.3. The molecule has 3 heterocycles.